The van der Waals surface area contributed by atoms with Gasteiger partial charge in [0.2, 0.25) is 0 Å². The highest BCUT2D eigenvalue weighted by molar-refractivity contribution is 7.13. The summed E-state index contributed by atoms with van der Waals surface area (Å²) in [6, 6.07) is 0.382. The number of likely N-dealkylation sites (N-methyl/N-ethyl adjacent to an activating group) is 1. The van der Waals surface area contributed by atoms with E-state index in [1.807, 2.05) is 25.7 Å². The number of hydrogen-bond acceptors (Lipinski definition) is 5. The second kappa shape index (κ2) is 6.53. The van der Waals surface area contributed by atoms with Crippen molar-refractivity contribution in [3.8, 4) is 0 Å². The van der Waals surface area contributed by atoms with Crippen LogP contribution >= 0.6 is 11.3 Å². The molecule has 0 bridgehead atoms. The molecular formula is C14H21N3O3S. The van der Waals surface area contributed by atoms with Gasteiger partial charge < -0.3 is 10.4 Å². The van der Waals surface area contributed by atoms with Gasteiger partial charge in [0.1, 0.15) is 4.88 Å². The Kier molecular flexibility index (Phi) is 4.95. The first-order valence-corrected chi connectivity index (χ1v) is 7.93. The number of nitrogens with one attached hydrogen (secondary N) is 1. The number of rotatable bonds is 6. The number of nitrogens with zero attached hydrogens (tertiary/aromatic N) is 2. The third-order valence-corrected chi connectivity index (χ3v) is 4.89. The molecule has 0 aromatic carbocycles. The average molecular weight is 311 g/mol. The number of hydrogen-bond donors (Lipinski definition) is 2. The van der Waals surface area contributed by atoms with Gasteiger partial charge in [0.05, 0.1) is 17.2 Å². The number of carbonyl (C=O) groups excluding carboxylic acids is 1. The first-order valence-electron chi connectivity index (χ1n) is 7.11. The van der Waals surface area contributed by atoms with Gasteiger partial charge in [0.25, 0.3) is 5.91 Å². The summed E-state index contributed by atoms with van der Waals surface area (Å²) in [6.45, 7) is 6.46. The molecule has 7 heteroatoms. The smallest absolute Gasteiger partial charge is 0.317 e. The molecule has 1 aliphatic rings. The Morgan fingerprint density at radius 1 is 1.43 bits per heavy atom. The van der Waals surface area contributed by atoms with Crippen LogP contribution in [0.4, 0.5) is 0 Å². The van der Waals surface area contributed by atoms with Crippen LogP contribution in [0.15, 0.2) is 0 Å². The van der Waals surface area contributed by atoms with Crippen LogP contribution in [0, 0.1) is 13.8 Å². The maximum atomic E-state index is 12.2. The van der Waals surface area contributed by atoms with Crippen LogP contribution in [0.25, 0.3) is 0 Å². The normalized spacial score (nSPS) is 21.1. The van der Waals surface area contributed by atoms with E-state index in [4.69, 9.17) is 5.11 Å². The van der Waals surface area contributed by atoms with Crippen LogP contribution in [0.2, 0.25) is 0 Å². The SMILES string of the molecule is CCN(CC(=O)O)C1CC(NC(=O)c2sc(C)nc2C)C1. The number of amides is 1. The van der Waals surface area contributed by atoms with E-state index < -0.39 is 5.97 Å². The van der Waals surface area contributed by atoms with Crippen molar-refractivity contribution in [3.05, 3.63) is 15.6 Å². The maximum Gasteiger partial charge on any atom is 0.317 e. The number of carboxylic acid groups (broad SMARTS) is 1. The van der Waals surface area contributed by atoms with Gasteiger partial charge in [0, 0.05) is 12.1 Å². The van der Waals surface area contributed by atoms with Crippen LogP contribution in [-0.4, -0.2) is 52.0 Å². The summed E-state index contributed by atoms with van der Waals surface area (Å²) >= 11 is 1.41. The van der Waals surface area contributed by atoms with Gasteiger partial charge in [0.15, 0.2) is 0 Å². The number of aryl methyl sites for hydroxylation is 2. The molecule has 1 amide bonds. The molecule has 0 aliphatic heterocycles. The van der Waals surface area contributed by atoms with Crippen molar-refractivity contribution in [1.82, 2.24) is 15.2 Å². The fraction of sp³-hybridized carbons (Fsp3) is 0.643. The zero-order valence-electron chi connectivity index (χ0n) is 12.5. The molecule has 0 atom stereocenters. The van der Waals surface area contributed by atoms with E-state index in [0.717, 1.165) is 23.5 Å². The van der Waals surface area contributed by atoms with Crippen molar-refractivity contribution >= 4 is 23.2 Å². The lowest BCUT2D eigenvalue weighted by Gasteiger charge is -2.42. The molecule has 2 N–H and O–H groups in total. The van der Waals surface area contributed by atoms with Gasteiger partial charge in [-0.15, -0.1) is 11.3 Å². The first kappa shape index (κ1) is 15.9. The number of thiazole rings is 1. The predicted molar refractivity (Wildman–Crippen MR) is 80.7 cm³/mol. The van der Waals surface area contributed by atoms with E-state index in [1.54, 1.807) is 0 Å². The van der Waals surface area contributed by atoms with E-state index in [9.17, 15) is 9.59 Å². The van der Waals surface area contributed by atoms with E-state index in [0.29, 0.717) is 11.4 Å². The summed E-state index contributed by atoms with van der Waals surface area (Å²) in [5.74, 6) is -0.872. The van der Waals surface area contributed by atoms with Crippen molar-refractivity contribution in [1.29, 1.82) is 0 Å². The standard InChI is InChI=1S/C14H21N3O3S/c1-4-17(7-12(18)19)11-5-10(6-11)16-14(20)13-8(2)15-9(3)21-13/h10-11H,4-7H2,1-3H3,(H,16,20)(H,18,19). The van der Waals surface area contributed by atoms with E-state index >= 15 is 0 Å². The highest BCUT2D eigenvalue weighted by atomic mass is 32.1. The number of carboxylic acids is 1. The van der Waals surface area contributed by atoms with Gasteiger partial charge in [-0.1, -0.05) is 6.92 Å². The first-order chi connectivity index (χ1) is 9.90. The highest BCUT2D eigenvalue weighted by Gasteiger charge is 2.35. The summed E-state index contributed by atoms with van der Waals surface area (Å²) < 4.78 is 0. The Morgan fingerprint density at radius 2 is 2.10 bits per heavy atom. The number of carbonyl (C=O) groups is 2. The molecule has 0 spiro atoms. The van der Waals surface area contributed by atoms with Crippen LogP contribution in [-0.2, 0) is 4.79 Å². The van der Waals surface area contributed by atoms with Crippen molar-refractivity contribution in [2.75, 3.05) is 13.1 Å². The Balaban J connectivity index is 1.83. The molecule has 0 saturated heterocycles. The van der Waals surface area contributed by atoms with E-state index in [2.05, 4.69) is 10.3 Å². The summed E-state index contributed by atoms with van der Waals surface area (Å²) in [5.41, 5.74) is 0.770. The molecular weight excluding hydrogens is 290 g/mol. The molecule has 0 unspecified atom stereocenters. The zero-order chi connectivity index (χ0) is 15.6. The minimum atomic E-state index is -0.805. The molecule has 2 rings (SSSR count). The minimum Gasteiger partial charge on any atom is -0.480 e. The van der Waals surface area contributed by atoms with Gasteiger partial charge in [-0.05, 0) is 33.2 Å². The molecule has 0 radical (unpaired) electrons. The van der Waals surface area contributed by atoms with Crippen molar-refractivity contribution < 1.29 is 14.7 Å². The quantitative estimate of drug-likeness (QED) is 0.830. The van der Waals surface area contributed by atoms with Gasteiger partial charge in [-0.25, -0.2) is 4.98 Å². The van der Waals surface area contributed by atoms with Crippen LogP contribution in [0.3, 0.4) is 0 Å². The monoisotopic (exact) mass is 311 g/mol. The third-order valence-electron chi connectivity index (χ3n) is 3.82. The molecule has 1 heterocycles. The second-order valence-electron chi connectivity index (χ2n) is 5.40. The fourth-order valence-electron chi connectivity index (χ4n) is 2.67. The average Bonchev–Trinajstić information content (AvgIpc) is 2.69. The van der Waals surface area contributed by atoms with Crippen molar-refractivity contribution in [2.24, 2.45) is 0 Å². The number of aromatic nitrogens is 1. The van der Waals surface area contributed by atoms with Crippen LogP contribution in [0.1, 0.15) is 40.1 Å². The summed E-state index contributed by atoms with van der Waals surface area (Å²) in [4.78, 5) is 29.8. The Hall–Kier alpha value is -1.47. The summed E-state index contributed by atoms with van der Waals surface area (Å²) in [6.07, 6.45) is 1.62. The largest absolute Gasteiger partial charge is 0.480 e. The maximum absolute atomic E-state index is 12.2. The van der Waals surface area contributed by atoms with Crippen LogP contribution < -0.4 is 5.32 Å². The molecule has 21 heavy (non-hydrogen) atoms. The van der Waals surface area contributed by atoms with Gasteiger partial charge in [-0.2, -0.15) is 0 Å². The zero-order valence-corrected chi connectivity index (χ0v) is 13.4. The molecule has 116 valence electrons. The molecule has 1 aliphatic carbocycles. The van der Waals surface area contributed by atoms with E-state index in [1.165, 1.54) is 11.3 Å². The van der Waals surface area contributed by atoms with Crippen molar-refractivity contribution in [2.45, 2.75) is 45.7 Å². The second-order valence-corrected chi connectivity index (χ2v) is 6.60. The molecule has 1 aromatic rings. The van der Waals surface area contributed by atoms with Crippen LogP contribution in [0.5, 0.6) is 0 Å². The summed E-state index contributed by atoms with van der Waals surface area (Å²) in [5, 5.41) is 12.8. The Morgan fingerprint density at radius 3 is 2.57 bits per heavy atom. The molecule has 1 fully saturated rings. The van der Waals surface area contributed by atoms with E-state index in [-0.39, 0.29) is 24.5 Å². The highest BCUT2D eigenvalue weighted by Crippen LogP contribution is 2.26. The number of aliphatic carboxylic acids is 1. The van der Waals surface area contributed by atoms with Gasteiger partial charge >= 0.3 is 5.97 Å². The van der Waals surface area contributed by atoms with Crippen molar-refractivity contribution in [3.63, 3.8) is 0 Å². The lowest BCUT2D eigenvalue weighted by Crippen LogP contribution is -2.54. The third kappa shape index (κ3) is 3.79. The molecule has 1 saturated carbocycles. The Bertz CT molecular complexity index is 538. The fourth-order valence-corrected chi connectivity index (χ4v) is 3.49. The minimum absolute atomic E-state index is 0.0645. The molecule has 6 nitrogen and oxygen atoms in total. The molecule has 1 aromatic heterocycles. The topological polar surface area (TPSA) is 82.5 Å². The lowest BCUT2D eigenvalue weighted by molar-refractivity contribution is -0.139. The predicted octanol–water partition coefficient (Wildman–Crippen LogP) is 1.43. The summed E-state index contributed by atoms with van der Waals surface area (Å²) in [7, 11) is 0. The Labute approximate surface area is 128 Å². The van der Waals surface area contributed by atoms with Gasteiger partial charge in [-0.3, -0.25) is 14.5 Å². The lowest BCUT2D eigenvalue weighted by atomic mass is 9.85.